The summed E-state index contributed by atoms with van der Waals surface area (Å²) in [6.07, 6.45) is -1.64. The van der Waals surface area contributed by atoms with E-state index in [4.69, 9.17) is 15.3 Å². The van der Waals surface area contributed by atoms with Gasteiger partial charge in [0.05, 0.1) is 5.71 Å². The smallest absolute Gasteiger partial charge is 0.119 e. The number of halogens is 1. The van der Waals surface area contributed by atoms with Gasteiger partial charge in [-0.05, 0) is 48.5 Å². The van der Waals surface area contributed by atoms with Crippen LogP contribution < -0.4 is 15.3 Å². The van der Waals surface area contributed by atoms with E-state index in [1.807, 2.05) is 12.1 Å². The number of hydrogen-bond acceptors (Lipinski definition) is 7. The molecule has 1 fully saturated rings. The second kappa shape index (κ2) is 10.2. The van der Waals surface area contributed by atoms with Crippen LogP contribution in [0.5, 0.6) is 11.5 Å². The Balaban J connectivity index is 1.57. The molecule has 4 N–H and O–H groups in total. The first-order valence-electron chi connectivity index (χ1n) is 9.48. The van der Waals surface area contributed by atoms with Gasteiger partial charge in [0.15, 0.2) is 0 Å². The van der Waals surface area contributed by atoms with E-state index in [9.17, 15) is 14.6 Å². The Morgan fingerprint density at radius 2 is 1.41 bits per heavy atom. The van der Waals surface area contributed by atoms with Crippen molar-refractivity contribution in [1.82, 2.24) is 4.90 Å². The van der Waals surface area contributed by atoms with E-state index in [0.717, 1.165) is 24.2 Å². The number of rotatable bonds is 11. The molecule has 2 aromatic carbocycles. The molecular formula is C21H26FN3O4. The fraction of sp³-hybridized carbons (Fsp3) is 0.381. The minimum absolute atomic E-state index is 0.109. The van der Waals surface area contributed by atoms with Gasteiger partial charge in [0.2, 0.25) is 0 Å². The lowest BCUT2D eigenvalue weighted by atomic mass is 10.0. The van der Waals surface area contributed by atoms with Crippen LogP contribution in [0.25, 0.3) is 0 Å². The predicted octanol–water partition coefficient (Wildman–Crippen LogP) is 1.16. The maximum atomic E-state index is 12.3. The number of alkyl halides is 1. The van der Waals surface area contributed by atoms with Gasteiger partial charge in [0.25, 0.3) is 0 Å². The van der Waals surface area contributed by atoms with Crippen LogP contribution >= 0.6 is 0 Å². The van der Waals surface area contributed by atoms with Gasteiger partial charge >= 0.3 is 0 Å². The first kappa shape index (κ1) is 21.0. The van der Waals surface area contributed by atoms with E-state index in [0.29, 0.717) is 23.8 Å². The third-order valence-electron chi connectivity index (χ3n) is 4.46. The molecule has 0 saturated carbocycles. The summed E-state index contributed by atoms with van der Waals surface area (Å²) in [6, 6.07) is 14.3. The lowest BCUT2D eigenvalue weighted by Gasteiger charge is -2.13. The fourth-order valence-corrected chi connectivity index (χ4v) is 2.77. The average Bonchev–Trinajstić information content (AvgIpc) is 3.56. The molecule has 0 aliphatic carbocycles. The van der Waals surface area contributed by atoms with Crippen molar-refractivity contribution >= 4 is 5.71 Å². The minimum Gasteiger partial charge on any atom is -0.491 e. The molecule has 1 aliphatic rings. The maximum absolute atomic E-state index is 12.3. The number of hydrazone groups is 1. The van der Waals surface area contributed by atoms with E-state index in [1.54, 1.807) is 36.4 Å². The molecule has 1 aliphatic heterocycles. The highest BCUT2D eigenvalue weighted by molar-refractivity contribution is 6.12. The largest absolute Gasteiger partial charge is 0.491 e. The number of aliphatic hydroxyl groups excluding tert-OH is 2. The second-order valence-corrected chi connectivity index (χ2v) is 6.91. The van der Waals surface area contributed by atoms with E-state index in [1.165, 1.54) is 0 Å². The number of benzene rings is 2. The topological polar surface area (TPSA) is 100 Å². The molecule has 1 saturated heterocycles. The Morgan fingerprint density at radius 3 is 1.83 bits per heavy atom. The lowest BCUT2D eigenvalue weighted by molar-refractivity contribution is 0.0842. The first-order valence-corrected chi connectivity index (χ1v) is 9.48. The van der Waals surface area contributed by atoms with Crippen LogP contribution in [0.15, 0.2) is 53.6 Å². The molecule has 2 atom stereocenters. The van der Waals surface area contributed by atoms with Gasteiger partial charge in [-0.15, -0.1) is 0 Å². The molecule has 8 heteroatoms. The van der Waals surface area contributed by atoms with Gasteiger partial charge in [-0.3, -0.25) is 4.90 Å². The monoisotopic (exact) mass is 403 g/mol. The van der Waals surface area contributed by atoms with Gasteiger partial charge in [-0.1, -0.05) is 0 Å². The van der Waals surface area contributed by atoms with Crippen molar-refractivity contribution < 1.29 is 24.1 Å². The number of nitrogens with two attached hydrogens (primary N) is 1. The van der Waals surface area contributed by atoms with E-state index in [2.05, 4.69) is 10.0 Å². The average molecular weight is 403 g/mol. The summed E-state index contributed by atoms with van der Waals surface area (Å²) in [4.78, 5) is 2.14. The highest BCUT2D eigenvalue weighted by Gasteiger charge is 2.20. The molecule has 2 unspecified atom stereocenters. The first-order chi connectivity index (χ1) is 14.1. The van der Waals surface area contributed by atoms with Crippen LogP contribution in [-0.4, -0.2) is 72.6 Å². The van der Waals surface area contributed by atoms with Crippen molar-refractivity contribution in [2.75, 3.05) is 39.5 Å². The molecule has 156 valence electrons. The number of hydrogen-bond donors (Lipinski definition) is 3. The lowest BCUT2D eigenvalue weighted by Crippen LogP contribution is -2.26. The van der Waals surface area contributed by atoms with Gasteiger partial charge < -0.3 is 25.5 Å². The third kappa shape index (κ3) is 6.42. The second-order valence-electron chi connectivity index (χ2n) is 6.91. The Hall–Kier alpha value is -2.68. The molecule has 29 heavy (non-hydrogen) atoms. The number of β-amino-alcohol motifs (C(OH)–C–C–N with tert-alkyl or cyclic N) is 1. The molecular weight excluding hydrogens is 377 g/mol. The van der Waals surface area contributed by atoms with Crippen LogP contribution in [0, 0.1) is 0 Å². The van der Waals surface area contributed by atoms with Crippen LogP contribution in [0.4, 0.5) is 4.39 Å². The SMILES string of the molecule is N/N=C(/c1ccc(OCC(O)CF)cc1)c1ccc(OCC(O)CN2CC2)cc1. The van der Waals surface area contributed by atoms with Crippen LogP contribution in [-0.2, 0) is 0 Å². The summed E-state index contributed by atoms with van der Waals surface area (Å²) in [7, 11) is 0. The van der Waals surface area contributed by atoms with Gasteiger partial charge in [-0.25, -0.2) is 4.39 Å². The summed E-state index contributed by atoms with van der Waals surface area (Å²) in [5, 5.41) is 23.0. The summed E-state index contributed by atoms with van der Waals surface area (Å²) < 4.78 is 23.2. The summed E-state index contributed by atoms with van der Waals surface area (Å²) in [6.45, 7) is 2.00. The molecule has 0 bridgehead atoms. The molecule has 7 nitrogen and oxygen atoms in total. The van der Waals surface area contributed by atoms with E-state index < -0.39 is 18.9 Å². The van der Waals surface area contributed by atoms with E-state index in [-0.39, 0.29) is 13.2 Å². The van der Waals surface area contributed by atoms with Crippen molar-refractivity contribution in [3.63, 3.8) is 0 Å². The molecule has 0 radical (unpaired) electrons. The maximum Gasteiger partial charge on any atom is 0.119 e. The number of ether oxygens (including phenoxy) is 2. The zero-order valence-corrected chi connectivity index (χ0v) is 16.1. The van der Waals surface area contributed by atoms with Crippen molar-refractivity contribution in [3.8, 4) is 11.5 Å². The van der Waals surface area contributed by atoms with Gasteiger partial charge in [0, 0.05) is 30.8 Å². The minimum atomic E-state index is -1.14. The zero-order valence-electron chi connectivity index (χ0n) is 16.1. The molecule has 2 aromatic rings. The Labute approximate surface area is 169 Å². The Kier molecular flexibility index (Phi) is 7.40. The van der Waals surface area contributed by atoms with Crippen molar-refractivity contribution in [2.45, 2.75) is 12.2 Å². The highest BCUT2D eigenvalue weighted by Crippen LogP contribution is 2.19. The highest BCUT2D eigenvalue weighted by atomic mass is 19.1. The number of aliphatic hydroxyl groups is 2. The molecule has 3 rings (SSSR count). The zero-order chi connectivity index (χ0) is 20.6. The summed E-state index contributed by atoms with van der Waals surface area (Å²) >= 11 is 0. The van der Waals surface area contributed by atoms with Gasteiger partial charge in [-0.2, -0.15) is 5.10 Å². The molecule has 1 heterocycles. The fourth-order valence-electron chi connectivity index (χ4n) is 2.77. The standard InChI is InChI=1S/C21H26FN3O4/c22-11-17(26)13-28-19-5-1-15(2-6-19)21(24-23)16-3-7-20(8-4-16)29-14-18(27)12-25-9-10-25/h1-8,17-18,26-27H,9-14,23H2/b24-21-. The van der Waals surface area contributed by atoms with Gasteiger partial charge in [0.1, 0.15) is 43.6 Å². The molecule has 0 amide bonds. The van der Waals surface area contributed by atoms with Crippen molar-refractivity contribution in [1.29, 1.82) is 0 Å². The molecule has 0 spiro atoms. The predicted molar refractivity (Wildman–Crippen MR) is 108 cm³/mol. The summed E-state index contributed by atoms with van der Waals surface area (Å²) in [5.74, 6) is 6.77. The summed E-state index contributed by atoms with van der Waals surface area (Å²) in [5.41, 5.74) is 2.19. The van der Waals surface area contributed by atoms with Crippen LogP contribution in [0.2, 0.25) is 0 Å². The number of nitrogens with zero attached hydrogens (tertiary/aromatic N) is 2. The molecule has 0 aromatic heterocycles. The Bertz CT molecular complexity index is 795. The quantitative estimate of drug-likeness (QED) is 0.225. The van der Waals surface area contributed by atoms with Crippen molar-refractivity contribution in [3.05, 3.63) is 59.7 Å². The van der Waals surface area contributed by atoms with E-state index >= 15 is 0 Å². The third-order valence-corrected chi connectivity index (χ3v) is 4.46. The van der Waals surface area contributed by atoms with Crippen molar-refractivity contribution in [2.24, 2.45) is 10.9 Å². The van der Waals surface area contributed by atoms with Crippen LogP contribution in [0.1, 0.15) is 11.1 Å². The normalized spacial score (nSPS) is 16.3. The van der Waals surface area contributed by atoms with Crippen LogP contribution in [0.3, 0.4) is 0 Å². The Morgan fingerprint density at radius 1 is 0.931 bits per heavy atom.